The Labute approximate surface area is 92.4 Å². The van der Waals surface area contributed by atoms with Crippen molar-refractivity contribution in [2.75, 3.05) is 0 Å². The van der Waals surface area contributed by atoms with E-state index >= 15 is 0 Å². The highest BCUT2D eigenvalue weighted by Crippen LogP contribution is 2.48. The van der Waals surface area contributed by atoms with E-state index in [9.17, 15) is 4.79 Å². The molecule has 2 saturated carbocycles. The monoisotopic (exact) mass is 210 g/mol. The molecule has 2 fully saturated rings. The first kappa shape index (κ1) is 11.0. The van der Waals surface area contributed by atoms with Gasteiger partial charge in [-0.25, -0.2) is 0 Å². The first-order valence-corrected chi connectivity index (χ1v) is 6.20. The highest BCUT2D eigenvalue weighted by molar-refractivity contribution is 5.73. The fourth-order valence-electron chi connectivity index (χ4n) is 3.23. The minimum absolute atomic E-state index is 0.0527. The maximum Gasteiger partial charge on any atom is 0.309 e. The standard InChI is InChI=1S/C13H22O2/c1-13(2,3)15-12(14)11-8-7-9-5-4-6-10(9)11/h9-11H,4-8H2,1-3H3. The van der Waals surface area contributed by atoms with Crippen molar-refractivity contribution in [1.29, 1.82) is 0 Å². The maximum absolute atomic E-state index is 12.0. The van der Waals surface area contributed by atoms with Crippen LogP contribution < -0.4 is 0 Å². The fourth-order valence-corrected chi connectivity index (χ4v) is 3.23. The summed E-state index contributed by atoms with van der Waals surface area (Å²) in [5.41, 5.74) is -0.326. The summed E-state index contributed by atoms with van der Waals surface area (Å²) in [4.78, 5) is 12.0. The molecule has 0 aromatic carbocycles. The molecule has 3 unspecified atom stereocenters. The van der Waals surface area contributed by atoms with Gasteiger partial charge in [-0.3, -0.25) is 4.79 Å². The van der Waals surface area contributed by atoms with E-state index in [1.165, 1.54) is 25.7 Å². The van der Waals surface area contributed by atoms with E-state index in [0.717, 1.165) is 12.3 Å². The van der Waals surface area contributed by atoms with E-state index < -0.39 is 0 Å². The summed E-state index contributed by atoms with van der Waals surface area (Å²) in [6, 6.07) is 0. The van der Waals surface area contributed by atoms with Crippen LogP contribution in [0.4, 0.5) is 0 Å². The molecule has 0 heterocycles. The van der Waals surface area contributed by atoms with E-state index in [4.69, 9.17) is 4.74 Å². The largest absolute Gasteiger partial charge is 0.460 e. The second kappa shape index (κ2) is 3.80. The van der Waals surface area contributed by atoms with E-state index in [1.807, 2.05) is 20.8 Å². The Morgan fingerprint density at radius 2 is 1.87 bits per heavy atom. The van der Waals surface area contributed by atoms with Crippen molar-refractivity contribution in [3.8, 4) is 0 Å². The molecule has 0 spiro atoms. The van der Waals surface area contributed by atoms with Crippen molar-refractivity contribution in [2.45, 2.75) is 58.5 Å². The number of hydrogen-bond donors (Lipinski definition) is 0. The van der Waals surface area contributed by atoms with Crippen molar-refractivity contribution in [1.82, 2.24) is 0 Å². The predicted molar refractivity (Wildman–Crippen MR) is 59.4 cm³/mol. The normalized spacial score (nSPS) is 35.3. The van der Waals surface area contributed by atoms with Crippen LogP contribution in [0.15, 0.2) is 0 Å². The van der Waals surface area contributed by atoms with Crippen molar-refractivity contribution in [3.05, 3.63) is 0 Å². The Balaban J connectivity index is 1.96. The van der Waals surface area contributed by atoms with Gasteiger partial charge in [0.05, 0.1) is 5.92 Å². The van der Waals surface area contributed by atoms with Crippen molar-refractivity contribution in [2.24, 2.45) is 17.8 Å². The van der Waals surface area contributed by atoms with Crippen LogP contribution in [0.5, 0.6) is 0 Å². The van der Waals surface area contributed by atoms with Crippen molar-refractivity contribution < 1.29 is 9.53 Å². The Morgan fingerprint density at radius 3 is 2.53 bits per heavy atom. The van der Waals surface area contributed by atoms with Gasteiger partial charge in [-0.15, -0.1) is 0 Å². The van der Waals surface area contributed by atoms with Crippen LogP contribution in [0, 0.1) is 17.8 Å². The minimum Gasteiger partial charge on any atom is -0.460 e. The molecule has 0 bridgehead atoms. The number of fused-ring (bicyclic) bond motifs is 1. The lowest BCUT2D eigenvalue weighted by Gasteiger charge is -2.24. The topological polar surface area (TPSA) is 26.3 Å². The van der Waals surface area contributed by atoms with Gasteiger partial charge in [0.15, 0.2) is 0 Å². The average Bonchev–Trinajstić information content (AvgIpc) is 2.57. The lowest BCUT2D eigenvalue weighted by molar-refractivity contribution is -0.161. The number of hydrogen-bond acceptors (Lipinski definition) is 2. The summed E-state index contributed by atoms with van der Waals surface area (Å²) in [6.07, 6.45) is 6.20. The zero-order valence-corrected chi connectivity index (χ0v) is 10.1. The molecule has 0 saturated heterocycles. The lowest BCUT2D eigenvalue weighted by atomic mass is 9.92. The molecular formula is C13H22O2. The zero-order chi connectivity index (χ0) is 11.1. The van der Waals surface area contributed by atoms with Crippen molar-refractivity contribution in [3.63, 3.8) is 0 Å². The number of carbonyl (C=O) groups is 1. The maximum atomic E-state index is 12.0. The fraction of sp³-hybridized carbons (Fsp3) is 0.923. The molecule has 0 N–H and O–H groups in total. The van der Waals surface area contributed by atoms with Crippen molar-refractivity contribution >= 4 is 5.97 Å². The van der Waals surface area contributed by atoms with Gasteiger partial charge in [0.1, 0.15) is 5.60 Å². The van der Waals surface area contributed by atoms with E-state index in [0.29, 0.717) is 5.92 Å². The zero-order valence-electron chi connectivity index (χ0n) is 10.1. The smallest absolute Gasteiger partial charge is 0.309 e. The van der Waals surface area contributed by atoms with Gasteiger partial charge >= 0.3 is 5.97 Å². The van der Waals surface area contributed by atoms with E-state index in [-0.39, 0.29) is 17.5 Å². The summed E-state index contributed by atoms with van der Waals surface area (Å²) in [5, 5.41) is 0. The molecule has 0 aromatic rings. The second-order valence-electron chi connectivity index (χ2n) is 6.07. The first-order chi connectivity index (χ1) is 6.97. The SMILES string of the molecule is CC(C)(C)OC(=O)C1CCC2CCCC21. The highest BCUT2D eigenvalue weighted by atomic mass is 16.6. The van der Waals surface area contributed by atoms with Crippen LogP contribution in [0.1, 0.15) is 52.9 Å². The molecule has 15 heavy (non-hydrogen) atoms. The van der Waals surface area contributed by atoms with Crippen LogP contribution in [-0.4, -0.2) is 11.6 Å². The Bertz CT molecular complexity index is 252. The molecule has 3 atom stereocenters. The molecule has 0 amide bonds. The van der Waals surface area contributed by atoms with Gasteiger partial charge in [0.25, 0.3) is 0 Å². The highest BCUT2D eigenvalue weighted by Gasteiger charge is 2.43. The van der Waals surface area contributed by atoms with Crippen LogP contribution in [0.2, 0.25) is 0 Å². The van der Waals surface area contributed by atoms with Gasteiger partial charge < -0.3 is 4.74 Å². The van der Waals surface area contributed by atoms with Crippen LogP contribution in [0.3, 0.4) is 0 Å². The molecule has 2 aliphatic rings. The first-order valence-electron chi connectivity index (χ1n) is 6.20. The third kappa shape index (κ3) is 2.35. The predicted octanol–water partition coefficient (Wildman–Crippen LogP) is 3.15. The number of esters is 1. The molecular weight excluding hydrogens is 188 g/mol. The Kier molecular flexibility index (Phi) is 2.78. The molecule has 0 aromatic heterocycles. The molecule has 86 valence electrons. The van der Waals surface area contributed by atoms with Gasteiger partial charge in [0, 0.05) is 0 Å². The third-order valence-corrected chi connectivity index (χ3v) is 3.79. The molecule has 0 aliphatic heterocycles. The van der Waals surface area contributed by atoms with E-state index in [2.05, 4.69) is 0 Å². The van der Waals surface area contributed by atoms with E-state index in [1.54, 1.807) is 0 Å². The molecule has 2 nitrogen and oxygen atoms in total. The molecule has 2 aliphatic carbocycles. The third-order valence-electron chi connectivity index (χ3n) is 3.79. The molecule has 2 rings (SSSR count). The summed E-state index contributed by atoms with van der Waals surface area (Å²) >= 11 is 0. The summed E-state index contributed by atoms with van der Waals surface area (Å²) in [7, 11) is 0. The Morgan fingerprint density at radius 1 is 1.13 bits per heavy atom. The quantitative estimate of drug-likeness (QED) is 0.621. The number of rotatable bonds is 1. The number of carbonyl (C=O) groups excluding carboxylic acids is 1. The summed E-state index contributed by atoms with van der Waals surface area (Å²) in [5.74, 6) is 1.72. The Hall–Kier alpha value is -0.530. The second-order valence-corrected chi connectivity index (χ2v) is 6.07. The van der Waals surface area contributed by atoms with Gasteiger partial charge in [0.2, 0.25) is 0 Å². The van der Waals surface area contributed by atoms with Gasteiger partial charge in [-0.2, -0.15) is 0 Å². The van der Waals surface area contributed by atoms with Gasteiger partial charge in [-0.05, 0) is 51.9 Å². The van der Waals surface area contributed by atoms with Gasteiger partial charge in [-0.1, -0.05) is 12.8 Å². The number of ether oxygens (including phenoxy) is 1. The summed E-state index contributed by atoms with van der Waals surface area (Å²) in [6.45, 7) is 5.85. The molecule has 0 radical (unpaired) electrons. The van der Waals surface area contributed by atoms with Crippen LogP contribution >= 0.6 is 0 Å². The molecule has 2 heteroatoms. The average molecular weight is 210 g/mol. The minimum atomic E-state index is -0.326. The summed E-state index contributed by atoms with van der Waals surface area (Å²) < 4.78 is 5.49. The van der Waals surface area contributed by atoms with Crippen LogP contribution in [-0.2, 0) is 9.53 Å². The lowest BCUT2D eigenvalue weighted by Crippen LogP contribution is -2.30. The van der Waals surface area contributed by atoms with Crippen LogP contribution in [0.25, 0.3) is 0 Å².